The minimum Gasteiger partial charge on any atom is -0.504 e. The van der Waals surface area contributed by atoms with Crippen molar-refractivity contribution in [3.05, 3.63) is 17.2 Å². The highest BCUT2D eigenvalue weighted by Crippen LogP contribution is 2.60. The number of rotatable bonds is 0. The molecule has 1 aromatic carbocycles. The van der Waals surface area contributed by atoms with Crippen LogP contribution in [0.4, 0.5) is 0 Å². The monoisotopic (exact) mass is 290 g/mol. The molecular formula is C17H22O4. The Bertz CT molecular complexity index is 632. The maximum Gasteiger partial charge on any atom is 0.200 e. The van der Waals surface area contributed by atoms with Crippen LogP contribution in [-0.4, -0.2) is 21.1 Å². The Labute approximate surface area is 124 Å². The van der Waals surface area contributed by atoms with Gasteiger partial charge in [0.05, 0.1) is 0 Å². The van der Waals surface area contributed by atoms with Crippen LogP contribution >= 0.6 is 0 Å². The summed E-state index contributed by atoms with van der Waals surface area (Å²) in [6, 6.07) is 1.30. The lowest BCUT2D eigenvalue weighted by Crippen LogP contribution is -2.49. The first-order valence-electron chi connectivity index (χ1n) is 7.50. The van der Waals surface area contributed by atoms with Crippen LogP contribution in [0.25, 0.3) is 0 Å². The SMILES string of the molecule is CC1(C)CCCC2(C)c3c(cc(O)c(O)c3O)C(=O)CC12. The Kier molecular flexibility index (Phi) is 2.81. The lowest BCUT2D eigenvalue weighted by molar-refractivity contribution is 0.0354. The summed E-state index contributed by atoms with van der Waals surface area (Å²) >= 11 is 0. The van der Waals surface area contributed by atoms with E-state index in [9.17, 15) is 20.1 Å². The van der Waals surface area contributed by atoms with Crippen LogP contribution < -0.4 is 0 Å². The fraction of sp³-hybridized carbons (Fsp3) is 0.588. The molecule has 0 radical (unpaired) electrons. The minimum atomic E-state index is -0.521. The van der Waals surface area contributed by atoms with E-state index < -0.39 is 11.5 Å². The average Bonchev–Trinajstić information content (AvgIpc) is 2.38. The highest BCUT2D eigenvalue weighted by atomic mass is 16.3. The van der Waals surface area contributed by atoms with Crippen LogP contribution in [0, 0.1) is 11.3 Å². The van der Waals surface area contributed by atoms with Crippen molar-refractivity contribution >= 4 is 5.78 Å². The molecule has 1 fully saturated rings. The third-order valence-corrected chi connectivity index (χ3v) is 5.74. The molecular weight excluding hydrogens is 268 g/mol. The van der Waals surface area contributed by atoms with Gasteiger partial charge in [-0.3, -0.25) is 4.79 Å². The summed E-state index contributed by atoms with van der Waals surface area (Å²) < 4.78 is 0. The van der Waals surface area contributed by atoms with Crippen molar-refractivity contribution in [1.29, 1.82) is 0 Å². The van der Waals surface area contributed by atoms with Crippen molar-refractivity contribution in [3.8, 4) is 17.2 Å². The third-order valence-electron chi connectivity index (χ3n) is 5.74. The molecule has 4 nitrogen and oxygen atoms in total. The average molecular weight is 290 g/mol. The van der Waals surface area contributed by atoms with E-state index in [1.54, 1.807) is 0 Å². The highest BCUT2D eigenvalue weighted by molar-refractivity contribution is 6.01. The molecule has 4 heteroatoms. The van der Waals surface area contributed by atoms with E-state index >= 15 is 0 Å². The van der Waals surface area contributed by atoms with Crippen molar-refractivity contribution in [2.45, 2.75) is 51.9 Å². The van der Waals surface area contributed by atoms with Gasteiger partial charge in [0, 0.05) is 23.0 Å². The number of aromatic hydroxyl groups is 3. The van der Waals surface area contributed by atoms with E-state index in [4.69, 9.17) is 0 Å². The van der Waals surface area contributed by atoms with Crippen LogP contribution in [-0.2, 0) is 5.41 Å². The molecule has 0 saturated heterocycles. The van der Waals surface area contributed by atoms with Crippen molar-refractivity contribution < 1.29 is 20.1 Å². The van der Waals surface area contributed by atoms with Crippen LogP contribution in [0.1, 0.15) is 62.4 Å². The number of carbonyl (C=O) groups excluding carboxylic acids is 1. The van der Waals surface area contributed by atoms with Gasteiger partial charge in [0.15, 0.2) is 17.3 Å². The summed E-state index contributed by atoms with van der Waals surface area (Å²) in [6.07, 6.45) is 3.38. The van der Waals surface area contributed by atoms with Gasteiger partial charge in [0.2, 0.25) is 5.75 Å². The molecule has 0 spiro atoms. The van der Waals surface area contributed by atoms with Crippen LogP contribution in [0.2, 0.25) is 0 Å². The number of hydrogen-bond donors (Lipinski definition) is 3. The molecule has 114 valence electrons. The first-order chi connectivity index (χ1) is 9.68. The summed E-state index contributed by atoms with van der Waals surface area (Å²) in [5, 5.41) is 29.9. The van der Waals surface area contributed by atoms with Gasteiger partial charge in [-0.1, -0.05) is 27.2 Å². The maximum atomic E-state index is 12.5. The summed E-state index contributed by atoms with van der Waals surface area (Å²) in [4.78, 5) is 12.5. The van der Waals surface area contributed by atoms with E-state index in [1.165, 1.54) is 6.07 Å². The topological polar surface area (TPSA) is 77.8 Å². The Balaban J connectivity index is 2.30. The molecule has 3 N–H and O–H groups in total. The van der Waals surface area contributed by atoms with Gasteiger partial charge in [-0.05, 0) is 30.2 Å². The fourth-order valence-electron chi connectivity index (χ4n) is 4.66. The lowest BCUT2D eigenvalue weighted by Gasteiger charge is -2.53. The molecule has 0 bridgehead atoms. The summed E-state index contributed by atoms with van der Waals surface area (Å²) in [5.74, 6) is -1.21. The molecule has 2 atom stereocenters. The number of Topliss-reactive ketones (excluding diaryl/α,β-unsaturated/α-hetero) is 1. The highest BCUT2D eigenvalue weighted by Gasteiger charge is 2.53. The second-order valence-electron chi connectivity index (χ2n) is 7.45. The second-order valence-corrected chi connectivity index (χ2v) is 7.45. The normalized spacial score (nSPS) is 30.6. The quantitative estimate of drug-likeness (QED) is 0.639. The van der Waals surface area contributed by atoms with Gasteiger partial charge in [-0.25, -0.2) is 0 Å². The number of hydrogen-bond acceptors (Lipinski definition) is 4. The number of fused-ring (bicyclic) bond motifs is 3. The predicted molar refractivity (Wildman–Crippen MR) is 78.9 cm³/mol. The minimum absolute atomic E-state index is 0.0142. The van der Waals surface area contributed by atoms with Crippen molar-refractivity contribution in [1.82, 2.24) is 0 Å². The molecule has 2 unspecified atom stereocenters. The van der Waals surface area contributed by atoms with E-state index in [0.717, 1.165) is 19.3 Å². The zero-order valence-corrected chi connectivity index (χ0v) is 12.7. The fourth-order valence-corrected chi connectivity index (χ4v) is 4.66. The van der Waals surface area contributed by atoms with Crippen LogP contribution in [0.3, 0.4) is 0 Å². The Morgan fingerprint density at radius 1 is 1.10 bits per heavy atom. The molecule has 0 aromatic heterocycles. The maximum absolute atomic E-state index is 12.5. The van der Waals surface area contributed by atoms with Crippen LogP contribution in [0.15, 0.2) is 6.07 Å². The van der Waals surface area contributed by atoms with E-state index in [0.29, 0.717) is 17.5 Å². The van der Waals surface area contributed by atoms with Gasteiger partial charge in [-0.2, -0.15) is 0 Å². The first kappa shape index (κ1) is 14.2. The lowest BCUT2D eigenvalue weighted by atomic mass is 9.50. The predicted octanol–water partition coefficient (Wildman–Crippen LogP) is 3.47. The zero-order valence-electron chi connectivity index (χ0n) is 12.7. The Hall–Kier alpha value is -1.71. The molecule has 1 saturated carbocycles. The molecule has 3 rings (SSSR count). The number of benzene rings is 1. The molecule has 0 aliphatic heterocycles. The third kappa shape index (κ3) is 1.78. The van der Waals surface area contributed by atoms with Gasteiger partial charge in [-0.15, -0.1) is 0 Å². The Morgan fingerprint density at radius 3 is 2.43 bits per heavy atom. The molecule has 2 aliphatic carbocycles. The summed E-state index contributed by atoms with van der Waals surface area (Å²) in [7, 11) is 0. The summed E-state index contributed by atoms with van der Waals surface area (Å²) in [5.41, 5.74) is 0.548. The molecule has 21 heavy (non-hydrogen) atoms. The van der Waals surface area contributed by atoms with Crippen molar-refractivity contribution in [2.24, 2.45) is 11.3 Å². The number of phenolic OH excluding ortho intramolecular Hbond substituents is 3. The largest absolute Gasteiger partial charge is 0.504 e. The van der Waals surface area contributed by atoms with Gasteiger partial charge in [0.25, 0.3) is 0 Å². The molecule has 1 aromatic rings. The van der Waals surface area contributed by atoms with Crippen LogP contribution in [0.5, 0.6) is 17.2 Å². The first-order valence-corrected chi connectivity index (χ1v) is 7.50. The molecule has 0 heterocycles. The number of ketones is 1. The summed E-state index contributed by atoms with van der Waals surface area (Å²) in [6.45, 7) is 6.41. The number of phenols is 3. The van der Waals surface area contributed by atoms with Gasteiger partial charge in [0.1, 0.15) is 0 Å². The number of carbonyl (C=O) groups is 1. The van der Waals surface area contributed by atoms with E-state index in [-0.39, 0.29) is 28.3 Å². The standard InChI is InChI=1S/C17H22O4/c1-16(2)5-4-6-17(3)12(16)8-10(18)9-7-11(19)14(20)15(21)13(9)17/h7,12,19-21H,4-6,8H2,1-3H3. The second kappa shape index (κ2) is 4.15. The zero-order chi connectivity index (χ0) is 15.6. The van der Waals surface area contributed by atoms with Crippen molar-refractivity contribution in [2.75, 3.05) is 0 Å². The van der Waals surface area contributed by atoms with E-state index in [1.807, 2.05) is 0 Å². The van der Waals surface area contributed by atoms with Gasteiger partial charge < -0.3 is 15.3 Å². The Morgan fingerprint density at radius 2 is 1.76 bits per heavy atom. The molecule has 0 amide bonds. The molecule has 2 aliphatic rings. The van der Waals surface area contributed by atoms with E-state index in [2.05, 4.69) is 20.8 Å². The van der Waals surface area contributed by atoms with Gasteiger partial charge >= 0.3 is 0 Å². The smallest absolute Gasteiger partial charge is 0.200 e. The van der Waals surface area contributed by atoms with Crippen molar-refractivity contribution in [3.63, 3.8) is 0 Å².